The Labute approximate surface area is 171 Å². The molecule has 0 aliphatic rings. The molecule has 0 bridgehead atoms. The molecule has 0 aliphatic heterocycles. The number of carbonyl (C=O) groups is 2. The Kier molecular flexibility index (Phi) is 8.19. The van der Waals surface area contributed by atoms with E-state index in [9.17, 15) is 14.0 Å². The van der Waals surface area contributed by atoms with E-state index in [1.54, 1.807) is 19.1 Å². The average Bonchev–Trinajstić information content (AvgIpc) is 2.70. The fourth-order valence-corrected chi connectivity index (χ4v) is 2.71. The number of nitrogens with zero attached hydrogens (tertiary/aromatic N) is 1. The average molecular weight is 400 g/mol. The zero-order chi connectivity index (χ0) is 21.4. The van der Waals surface area contributed by atoms with Crippen molar-refractivity contribution in [2.45, 2.75) is 40.3 Å². The molecule has 0 aromatic heterocycles. The summed E-state index contributed by atoms with van der Waals surface area (Å²) in [6.45, 7) is 8.11. The molecule has 1 atom stereocenters. The number of hydrogen-bond donors (Lipinski definition) is 1. The van der Waals surface area contributed by atoms with Gasteiger partial charge in [-0.3, -0.25) is 9.59 Å². The lowest BCUT2D eigenvalue weighted by molar-refractivity contribution is -0.142. The van der Waals surface area contributed by atoms with Gasteiger partial charge < -0.3 is 15.0 Å². The molecule has 0 saturated heterocycles. The lowest BCUT2D eigenvalue weighted by Crippen LogP contribution is -2.49. The first-order valence-electron chi connectivity index (χ1n) is 9.78. The fraction of sp³-hybridized carbons (Fsp3) is 0.391. The Morgan fingerprint density at radius 3 is 2.34 bits per heavy atom. The summed E-state index contributed by atoms with van der Waals surface area (Å²) < 4.78 is 19.1. The van der Waals surface area contributed by atoms with Crippen molar-refractivity contribution >= 4 is 11.8 Å². The minimum atomic E-state index is -0.688. The maximum absolute atomic E-state index is 13.8. The number of ether oxygens (including phenoxy) is 1. The molecule has 0 saturated carbocycles. The normalized spacial score (nSPS) is 11.8. The molecular formula is C23H29FN2O3. The Bertz CT molecular complexity index is 821. The summed E-state index contributed by atoms with van der Waals surface area (Å²) in [7, 11) is 0. The highest BCUT2D eigenvalue weighted by Gasteiger charge is 2.26. The summed E-state index contributed by atoms with van der Waals surface area (Å²) in [5, 5.41) is 2.86. The zero-order valence-corrected chi connectivity index (χ0v) is 17.4. The fourth-order valence-electron chi connectivity index (χ4n) is 2.71. The van der Waals surface area contributed by atoms with Crippen LogP contribution in [0, 0.1) is 18.7 Å². The number of amides is 2. The molecule has 0 aliphatic carbocycles. The number of aryl methyl sites for hydroxylation is 1. The third kappa shape index (κ3) is 6.89. The van der Waals surface area contributed by atoms with E-state index in [1.165, 1.54) is 17.0 Å². The van der Waals surface area contributed by atoms with E-state index < -0.39 is 11.9 Å². The van der Waals surface area contributed by atoms with Crippen LogP contribution in [0.2, 0.25) is 0 Å². The summed E-state index contributed by atoms with van der Waals surface area (Å²) >= 11 is 0. The number of rotatable bonds is 9. The first-order chi connectivity index (χ1) is 13.8. The van der Waals surface area contributed by atoms with Crippen molar-refractivity contribution < 1.29 is 18.7 Å². The molecule has 2 aromatic carbocycles. The van der Waals surface area contributed by atoms with Gasteiger partial charge in [-0.2, -0.15) is 0 Å². The number of benzene rings is 2. The molecule has 5 nitrogen and oxygen atoms in total. The quantitative estimate of drug-likeness (QED) is 0.698. The van der Waals surface area contributed by atoms with Gasteiger partial charge in [0, 0.05) is 13.1 Å². The van der Waals surface area contributed by atoms with Gasteiger partial charge in [-0.1, -0.05) is 55.8 Å². The summed E-state index contributed by atoms with van der Waals surface area (Å²) in [6, 6.07) is 13.0. The molecule has 2 rings (SSSR count). The summed E-state index contributed by atoms with van der Waals surface area (Å²) in [5.74, 6) is -0.843. The van der Waals surface area contributed by atoms with Crippen molar-refractivity contribution in [3.8, 4) is 5.75 Å². The van der Waals surface area contributed by atoms with Gasteiger partial charge >= 0.3 is 0 Å². The van der Waals surface area contributed by atoms with Crippen molar-refractivity contribution in [2.24, 2.45) is 5.92 Å². The summed E-state index contributed by atoms with van der Waals surface area (Å²) in [4.78, 5) is 26.9. The van der Waals surface area contributed by atoms with Crippen LogP contribution in [0.15, 0.2) is 48.5 Å². The number of hydrogen-bond acceptors (Lipinski definition) is 3. The van der Waals surface area contributed by atoms with Gasteiger partial charge in [-0.15, -0.1) is 0 Å². The molecule has 0 unspecified atom stereocenters. The molecule has 0 fully saturated rings. The first-order valence-corrected chi connectivity index (χ1v) is 9.78. The van der Waals surface area contributed by atoms with Gasteiger partial charge in [-0.05, 0) is 37.5 Å². The van der Waals surface area contributed by atoms with Crippen LogP contribution in [0.3, 0.4) is 0 Å². The molecule has 6 heteroatoms. The standard InChI is InChI=1S/C23H29FN2O3/c1-16(2)13-25-23(28)18(4)26(14-19-11-9-17(3)10-12-19)22(27)15-29-21-8-6-5-7-20(21)24/h5-12,16,18H,13-15H2,1-4H3,(H,25,28)/t18-/m1/s1. The van der Waals surface area contributed by atoms with Crippen LogP contribution in [0.4, 0.5) is 4.39 Å². The Morgan fingerprint density at radius 1 is 1.07 bits per heavy atom. The van der Waals surface area contributed by atoms with Crippen molar-refractivity contribution in [3.05, 3.63) is 65.5 Å². The topological polar surface area (TPSA) is 58.6 Å². The predicted octanol–water partition coefficient (Wildman–Crippen LogP) is 3.70. The van der Waals surface area contributed by atoms with Crippen molar-refractivity contribution in [1.29, 1.82) is 0 Å². The molecule has 2 amide bonds. The van der Waals surface area contributed by atoms with Crippen LogP contribution in [0.5, 0.6) is 5.75 Å². The smallest absolute Gasteiger partial charge is 0.261 e. The van der Waals surface area contributed by atoms with E-state index in [4.69, 9.17) is 4.74 Å². The van der Waals surface area contributed by atoms with Crippen LogP contribution >= 0.6 is 0 Å². The largest absolute Gasteiger partial charge is 0.481 e. The van der Waals surface area contributed by atoms with Crippen LogP contribution in [0.25, 0.3) is 0 Å². The maximum Gasteiger partial charge on any atom is 0.261 e. The SMILES string of the molecule is Cc1ccc(CN(C(=O)COc2ccccc2F)[C@H](C)C(=O)NCC(C)C)cc1. The maximum atomic E-state index is 13.8. The second kappa shape index (κ2) is 10.6. The molecule has 2 aromatic rings. The van der Waals surface area contributed by atoms with Crippen molar-refractivity contribution in [2.75, 3.05) is 13.2 Å². The second-order valence-corrected chi connectivity index (χ2v) is 7.54. The lowest BCUT2D eigenvalue weighted by Gasteiger charge is -2.29. The highest BCUT2D eigenvalue weighted by atomic mass is 19.1. The van der Waals surface area contributed by atoms with Crippen LogP contribution in [-0.4, -0.2) is 35.9 Å². The van der Waals surface area contributed by atoms with E-state index >= 15 is 0 Å². The second-order valence-electron chi connectivity index (χ2n) is 7.54. The van der Waals surface area contributed by atoms with E-state index in [1.807, 2.05) is 45.0 Å². The van der Waals surface area contributed by atoms with Gasteiger partial charge in [0.05, 0.1) is 0 Å². The third-order valence-corrected chi connectivity index (χ3v) is 4.51. The van der Waals surface area contributed by atoms with Crippen molar-refractivity contribution in [1.82, 2.24) is 10.2 Å². The Morgan fingerprint density at radius 2 is 1.72 bits per heavy atom. The van der Waals surface area contributed by atoms with E-state index in [0.717, 1.165) is 11.1 Å². The van der Waals surface area contributed by atoms with E-state index in [0.29, 0.717) is 12.5 Å². The molecule has 0 radical (unpaired) electrons. The van der Waals surface area contributed by atoms with Gasteiger partial charge in [0.1, 0.15) is 6.04 Å². The molecule has 156 valence electrons. The lowest BCUT2D eigenvalue weighted by atomic mass is 10.1. The first kappa shape index (κ1) is 22.4. The molecule has 0 heterocycles. The number of para-hydroxylation sites is 1. The van der Waals surface area contributed by atoms with Gasteiger partial charge in [0.15, 0.2) is 18.2 Å². The summed E-state index contributed by atoms with van der Waals surface area (Å²) in [6.07, 6.45) is 0. The van der Waals surface area contributed by atoms with Crippen LogP contribution in [0.1, 0.15) is 31.9 Å². The zero-order valence-electron chi connectivity index (χ0n) is 17.4. The van der Waals surface area contributed by atoms with Gasteiger partial charge in [0.2, 0.25) is 5.91 Å². The van der Waals surface area contributed by atoms with Gasteiger partial charge in [-0.25, -0.2) is 4.39 Å². The van der Waals surface area contributed by atoms with Gasteiger partial charge in [0.25, 0.3) is 5.91 Å². The van der Waals surface area contributed by atoms with E-state index in [-0.39, 0.29) is 30.7 Å². The van der Waals surface area contributed by atoms with Crippen molar-refractivity contribution in [3.63, 3.8) is 0 Å². The number of halogens is 1. The summed E-state index contributed by atoms with van der Waals surface area (Å²) in [5.41, 5.74) is 2.01. The minimum Gasteiger partial charge on any atom is -0.481 e. The predicted molar refractivity (Wildman–Crippen MR) is 111 cm³/mol. The Balaban J connectivity index is 2.13. The highest BCUT2D eigenvalue weighted by molar-refractivity contribution is 5.87. The number of nitrogens with one attached hydrogen (secondary N) is 1. The molecular weight excluding hydrogens is 371 g/mol. The molecule has 1 N–H and O–H groups in total. The molecule has 0 spiro atoms. The number of carbonyl (C=O) groups excluding carboxylic acids is 2. The molecule has 29 heavy (non-hydrogen) atoms. The Hall–Kier alpha value is -2.89. The van der Waals surface area contributed by atoms with Crippen LogP contribution in [-0.2, 0) is 16.1 Å². The minimum absolute atomic E-state index is 0.00745. The van der Waals surface area contributed by atoms with E-state index in [2.05, 4.69) is 5.32 Å². The monoisotopic (exact) mass is 400 g/mol. The van der Waals surface area contributed by atoms with Crippen LogP contribution < -0.4 is 10.1 Å². The third-order valence-electron chi connectivity index (χ3n) is 4.51. The highest BCUT2D eigenvalue weighted by Crippen LogP contribution is 2.16.